The van der Waals surface area contributed by atoms with Crippen molar-refractivity contribution in [3.8, 4) is 0 Å². The molecule has 1 atom stereocenters. The summed E-state index contributed by atoms with van der Waals surface area (Å²) in [5.41, 5.74) is 1.42. The van der Waals surface area contributed by atoms with E-state index < -0.39 is 18.7 Å². The van der Waals surface area contributed by atoms with Crippen LogP contribution in [-0.4, -0.2) is 42.0 Å². The summed E-state index contributed by atoms with van der Waals surface area (Å²) in [6.45, 7) is 2.59. The monoisotopic (exact) mass is 471 g/mol. The molecule has 1 aromatic rings. The number of nitrogens with one attached hydrogen (secondary N) is 1. The number of carbonyl (C=O) groups excluding carboxylic acids is 1. The molecule has 186 valence electrons. The third-order valence-corrected chi connectivity index (χ3v) is 5.60. The van der Waals surface area contributed by atoms with Crippen molar-refractivity contribution in [1.82, 2.24) is 0 Å². The number of halogens is 1. The van der Waals surface area contributed by atoms with Gasteiger partial charge in [0, 0.05) is 12.2 Å². The molecule has 0 bridgehead atoms. The number of carbonyl (C=O) groups is 1. The summed E-state index contributed by atoms with van der Waals surface area (Å²) < 4.78 is 4.94. The first kappa shape index (κ1) is 30.7. The first-order valence-corrected chi connectivity index (χ1v) is 12.5. The molecule has 0 amide bonds. The molecule has 0 fully saturated rings. The number of hydrogen-bond donors (Lipinski definition) is 3. The highest BCUT2D eigenvalue weighted by Gasteiger charge is 2.10. The fraction of sp³-hybridized carbons (Fsp3) is 0.731. The molecule has 0 spiro atoms. The van der Waals surface area contributed by atoms with E-state index in [4.69, 9.17) is 9.84 Å². The van der Waals surface area contributed by atoms with Crippen LogP contribution in [0.3, 0.4) is 0 Å². The van der Waals surface area contributed by atoms with Crippen LogP contribution >= 0.6 is 12.4 Å². The van der Waals surface area contributed by atoms with Crippen LogP contribution in [0, 0.1) is 0 Å². The lowest BCUT2D eigenvalue weighted by Gasteiger charge is -2.10. The van der Waals surface area contributed by atoms with Crippen molar-refractivity contribution in [1.29, 1.82) is 0 Å². The molecule has 0 aliphatic rings. The van der Waals surface area contributed by atoms with Gasteiger partial charge in [-0.05, 0) is 30.7 Å². The zero-order valence-electron chi connectivity index (χ0n) is 20.0. The molecule has 1 aromatic carbocycles. The molecule has 32 heavy (non-hydrogen) atoms. The summed E-state index contributed by atoms with van der Waals surface area (Å²) >= 11 is 0. The standard InChI is InChI=1S/C26H45NO4.ClH/c1-2-3-4-5-6-7-8-9-10-11-12-13-14-15-20-27-24-18-16-23(17-19-24)26(30)31-22-25(29)21-28;/h16-19,25,27-29H,2-15,20-22H2,1H3;1H. The number of esters is 1. The van der Waals surface area contributed by atoms with Gasteiger partial charge in [0.05, 0.1) is 12.2 Å². The zero-order chi connectivity index (χ0) is 22.6. The molecule has 6 heteroatoms. The quantitative estimate of drug-likeness (QED) is 0.149. The van der Waals surface area contributed by atoms with Crippen molar-refractivity contribution in [2.45, 2.75) is 103 Å². The highest BCUT2D eigenvalue weighted by atomic mass is 35.5. The molecule has 0 radical (unpaired) electrons. The predicted octanol–water partition coefficient (Wildman–Crippen LogP) is 6.51. The minimum absolute atomic E-state index is 0. The van der Waals surface area contributed by atoms with Gasteiger partial charge in [-0.25, -0.2) is 4.79 Å². The van der Waals surface area contributed by atoms with Gasteiger partial charge in [0.1, 0.15) is 12.7 Å². The van der Waals surface area contributed by atoms with E-state index >= 15 is 0 Å². The molecule has 5 nitrogen and oxygen atoms in total. The van der Waals surface area contributed by atoms with Gasteiger partial charge in [0.2, 0.25) is 0 Å². The molecular weight excluding hydrogens is 426 g/mol. The fourth-order valence-electron chi connectivity index (χ4n) is 3.58. The van der Waals surface area contributed by atoms with E-state index in [0.717, 1.165) is 18.7 Å². The van der Waals surface area contributed by atoms with Crippen molar-refractivity contribution >= 4 is 24.1 Å². The number of unbranched alkanes of at least 4 members (excludes halogenated alkanes) is 13. The first-order chi connectivity index (χ1) is 15.2. The second-order valence-electron chi connectivity index (χ2n) is 8.54. The topological polar surface area (TPSA) is 78.8 Å². The number of rotatable bonds is 20. The second-order valence-corrected chi connectivity index (χ2v) is 8.54. The third-order valence-electron chi connectivity index (χ3n) is 5.60. The van der Waals surface area contributed by atoms with E-state index in [9.17, 15) is 9.90 Å². The summed E-state index contributed by atoms with van der Waals surface area (Å²) in [5.74, 6) is -0.494. The zero-order valence-corrected chi connectivity index (χ0v) is 20.8. The molecule has 0 aromatic heterocycles. The maximum absolute atomic E-state index is 11.8. The van der Waals surface area contributed by atoms with Gasteiger partial charge in [0.25, 0.3) is 0 Å². The number of ether oxygens (including phenoxy) is 1. The molecule has 0 heterocycles. The maximum Gasteiger partial charge on any atom is 0.338 e. The van der Waals surface area contributed by atoms with E-state index in [1.165, 1.54) is 83.5 Å². The van der Waals surface area contributed by atoms with Crippen LogP contribution < -0.4 is 5.32 Å². The molecular formula is C26H46ClNO4. The Balaban J connectivity index is 0.00000961. The van der Waals surface area contributed by atoms with Crippen molar-refractivity contribution in [3.63, 3.8) is 0 Å². The SMILES string of the molecule is CCCCCCCCCCCCCCCCNc1ccc(C(=O)OCC(O)CO)cc1.Cl. The third kappa shape index (κ3) is 16.3. The lowest BCUT2D eigenvalue weighted by atomic mass is 10.0. The average molecular weight is 472 g/mol. The molecule has 0 saturated carbocycles. The number of anilines is 1. The fourth-order valence-corrected chi connectivity index (χ4v) is 3.58. The Labute approximate surface area is 201 Å². The van der Waals surface area contributed by atoms with Gasteiger partial charge in [-0.15, -0.1) is 12.4 Å². The van der Waals surface area contributed by atoms with Gasteiger partial charge >= 0.3 is 5.97 Å². The molecule has 1 rings (SSSR count). The molecule has 1 unspecified atom stereocenters. The van der Waals surface area contributed by atoms with Crippen LogP contribution in [-0.2, 0) is 4.74 Å². The number of hydrogen-bond acceptors (Lipinski definition) is 5. The van der Waals surface area contributed by atoms with Crippen molar-refractivity contribution in [3.05, 3.63) is 29.8 Å². The normalized spacial score (nSPS) is 11.6. The van der Waals surface area contributed by atoms with Crippen molar-refractivity contribution < 1.29 is 19.7 Å². The molecule has 0 aliphatic carbocycles. The van der Waals surface area contributed by atoms with Gasteiger partial charge < -0.3 is 20.3 Å². The van der Waals surface area contributed by atoms with E-state index in [0.29, 0.717) is 5.56 Å². The smallest absolute Gasteiger partial charge is 0.338 e. The van der Waals surface area contributed by atoms with Crippen LogP contribution in [0.1, 0.15) is 107 Å². The Morgan fingerprint density at radius 1 is 0.844 bits per heavy atom. The Morgan fingerprint density at radius 2 is 1.31 bits per heavy atom. The van der Waals surface area contributed by atoms with Crippen molar-refractivity contribution in [2.75, 3.05) is 25.1 Å². The Kier molecular flexibility index (Phi) is 20.7. The average Bonchev–Trinajstić information content (AvgIpc) is 2.80. The minimum Gasteiger partial charge on any atom is -0.459 e. The van der Waals surface area contributed by atoms with E-state index in [2.05, 4.69) is 12.2 Å². The minimum atomic E-state index is -1.03. The summed E-state index contributed by atoms with van der Waals surface area (Å²) in [5, 5.41) is 21.3. The van der Waals surface area contributed by atoms with Gasteiger partial charge in [-0.3, -0.25) is 0 Å². The Morgan fingerprint density at radius 3 is 1.78 bits per heavy atom. The largest absolute Gasteiger partial charge is 0.459 e. The van der Waals surface area contributed by atoms with Crippen LogP contribution in [0.2, 0.25) is 0 Å². The van der Waals surface area contributed by atoms with E-state index in [-0.39, 0.29) is 19.0 Å². The van der Waals surface area contributed by atoms with Crippen LogP contribution in [0.15, 0.2) is 24.3 Å². The predicted molar refractivity (Wildman–Crippen MR) is 136 cm³/mol. The van der Waals surface area contributed by atoms with Crippen LogP contribution in [0.5, 0.6) is 0 Å². The summed E-state index contributed by atoms with van der Waals surface area (Å²) in [7, 11) is 0. The maximum atomic E-state index is 11.8. The number of aliphatic hydroxyl groups is 2. The lowest BCUT2D eigenvalue weighted by molar-refractivity contribution is 0.00933. The summed E-state index contributed by atoms with van der Waals surface area (Å²) in [4.78, 5) is 11.8. The van der Waals surface area contributed by atoms with Crippen molar-refractivity contribution in [2.24, 2.45) is 0 Å². The van der Waals surface area contributed by atoms with Gasteiger partial charge in [0.15, 0.2) is 0 Å². The number of aliphatic hydroxyl groups excluding tert-OH is 2. The van der Waals surface area contributed by atoms with Crippen LogP contribution in [0.4, 0.5) is 5.69 Å². The first-order valence-electron chi connectivity index (χ1n) is 12.5. The molecule has 0 saturated heterocycles. The highest BCUT2D eigenvalue weighted by Crippen LogP contribution is 2.14. The number of benzene rings is 1. The molecule has 0 aliphatic heterocycles. The summed E-state index contributed by atoms with van der Waals surface area (Å²) in [6.07, 6.45) is 18.0. The summed E-state index contributed by atoms with van der Waals surface area (Å²) in [6, 6.07) is 7.15. The van der Waals surface area contributed by atoms with Gasteiger partial charge in [-0.2, -0.15) is 0 Å². The van der Waals surface area contributed by atoms with Gasteiger partial charge in [-0.1, -0.05) is 90.4 Å². The molecule has 3 N–H and O–H groups in total. The lowest BCUT2D eigenvalue weighted by Crippen LogP contribution is -2.21. The second kappa shape index (κ2) is 21.5. The Hall–Kier alpha value is -1.30. The highest BCUT2D eigenvalue weighted by molar-refractivity contribution is 5.89. The van der Waals surface area contributed by atoms with E-state index in [1.807, 2.05) is 12.1 Å². The van der Waals surface area contributed by atoms with Crippen LogP contribution in [0.25, 0.3) is 0 Å². The Bertz CT molecular complexity index is 553. The van der Waals surface area contributed by atoms with E-state index in [1.54, 1.807) is 12.1 Å².